The van der Waals surface area contributed by atoms with Crippen LogP contribution in [0.3, 0.4) is 0 Å². The van der Waals surface area contributed by atoms with Gasteiger partial charge in [0, 0.05) is 22.3 Å². The highest BCUT2D eigenvalue weighted by atomic mass is 15.2. The highest BCUT2D eigenvalue weighted by Gasteiger charge is 2.34. The summed E-state index contributed by atoms with van der Waals surface area (Å²) in [4.78, 5) is 0. The average molecular weight is 471 g/mol. The zero-order valence-electron chi connectivity index (χ0n) is 22.7. The van der Waals surface area contributed by atoms with E-state index in [9.17, 15) is 5.53 Å². The van der Waals surface area contributed by atoms with E-state index in [1.54, 1.807) is 0 Å². The number of allylic oxidation sites excluding steroid dienone is 2. The van der Waals surface area contributed by atoms with Crippen molar-refractivity contribution in [3.05, 3.63) is 87.5 Å². The summed E-state index contributed by atoms with van der Waals surface area (Å²) < 4.78 is 1.50. The molecule has 0 saturated heterocycles. The van der Waals surface area contributed by atoms with Gasteiger partial charge in [-0.25, -0.2) is 4.70 Å². The Morgan fingerprint density at radius 3 is 1.57 bits per heavy atom. The lowest BCUT2D eigenvalue weighted by Gasteiger charge is -2.11. The quantitative estimate of drug-likeness (QED) is 0.183. The predicted octanol–water partition coefficient (Wildman–Crippen LogP) is 10.3. The number of hydrogen-bond acceptors (Lipinski definition) is 0. The van der Waals surface area contributed by atoms with Crippen molar-refractivity contribution in [3.8, 4) is 0 Å². The molecule has 2 heteroatoms. The Hall–Kier alpha value is -2.48. The van der Waals surface area contributed by atoms with Crippen molar-refractivity contribution < 1.29 is 4.70 Å². The van der Waals surface area contributed by atoms with Crippen LogP contribution in [0, 0.1) is 0 Å². The van der Waals surface area contributed by atoms with Gasteiger partial charge in [-0.15, -0.1) is 0 Å². The summed E-state index contributed by atoms with van der Waals surface area (Å²) in [5.41, 5.74) is 21.1. The number of hydrogen-bond donors (Lipinski definition) is 0. The molecule has 1 aliphatic rings. The molecule has 2 aromatic carbocycles. The SMILES string of the molecule is CCCCCCCCC1=C(c2ccc(CCCCC)cc2)[N+](=[N-])C(c2ccc(CC)cc2)=C1CC. The Kier molecular flexibility index (Phi) is 11.0. The zero-order chi connectivity index (χ0) is 25.0. The van der Waals surface area contributed by atoms with Gasteiger partial charge in [-0.2, -0.15) is 0 Å². The molecular weight excluding hydrogens is 424 g/mol. The molecule has 0 aromatic heterocycles. The fourth-order valence-electron chi connectivity index (χ4n) is 5.29. The maximum absolute atomic E-state index is 11.6. The molecule has 3 rings (SSSR count). The second kappa shape index (κ2) is 14.2. The van der Waals surface area contributed by atoms with E-state index < -0.39 is 0 Å². The topological polar surface area (TPSA) is 25.3 Å². The second-order valence-corrected chi connectivity index (χ2v) is 10.0. The van der Waals surface area contributed by atoms with Crippen molar-refractivity contribution >= 4 is 11.4 Å². The van der Waals surface area contributed by atoms with E-state index in [1.165, 1.54) is 84.8 Å². The number of aryl methyl sites for hydroxylation is 2. The highest BCUT2D eigenvalue weighted by molar-refractivity contribution is 5.82. The first-order valence-electron chi connectivity index (χ1n) is 14.3. The largest absolute Gasteiger partial charge is 0.493 e. The Balaban J connectivity index is 1.91. The maximum atomic E-state index is 11.6. The molecule has 1 heterocycles. The van der Waals surface area contributed by atoms with Gasteiger partial charge in [0.1, 0.15) is 0 Å². The molecular formula is C33H46N2. The number of unbranched alkanes of at least 4 members (excludes halogenated alkanes) is 7. The molecule has 2 nitrogen and oxygen atoms in total. The summed E-state index contributed by atoms with van der Waals surface area (Å²) in [5, 5.41) is 0. The van der Waals surface area contributed by atoms with E-state index in [0.717, 1.165) is 48.2 Å². The Bertz CT molecular complexity index is 1010. The monoisotopic (exact) mass is 470 g/mol. The Morgan fingerprint density at radius 1 is 0.514 bits per heavy atom. The van der Waals surface area contributed by atoms with Crippen molar-refractivity contribution in [3.63, 3.8) is 0 Å². The van der Waals surface area contributed by atoms with Crippen LogP contribution < -0.4 is 0 Å². The third kappa shape index (κ3) is 7.03. The van der Waals surface area contributed by atoms with Crippen LogP contribution in [0.5, 0.6) is 0 Å². The molecule has 0 fully saturated rings. The normalized spacial score (nSPS) is 13.9. The summed E-state index contributed by atoms with van der Waals surface area (Å²) in [6.45, 7) is 8.93. The third-order valence-electron chi connectivity index (χ3n) is 7.43. The smallest absolute Gasteiger partial charge is 0.211 e. The van der Waals surface area contributed by atoms with Crippen LogP contribution in [0.25, 0.3) is 16.9 Å². The van der Waals surface area contributed by atoms with Gasteiger partial charge in [0.2, 0.25) is 11.4 Å². The molecule has 188 valence electrons. The summed E-state index contributed by atoms with van der Waals surface area (Å²) in [7, 11) is 0. The number of rotatable bonds is 15. The zero-order valence-corrected chi connectivity index (χ0v) is 22.7. The van der Waals surface area contributed by atoms with Crippen molar-refractivity contribution in [2.45, 2.75) is 111 Å². The van der Waals surface area contributed by atoms with Crippen LogP contribution in [0.2, 0.25) is 0 Å². The first-order chi connectivity index (χ1) is 17.1. The summed E-state index contributed by atoms with van der Waals surface area (Å²) in [6, 6.07) is 17.7. The molecule has 0 saturated carbocycles. The van der Waals surface area contributed by atoms with E-state index in [-0.39, 0.29) is 0 Å². The van der Waals surface area contributed by atoms with Gasteiger partial charge in [0.25, 0.3) is 0 Å². The highest BCUT2D eigenvalue weighted by Crippen LogP contribution is 2.43. The molecule has 35 heavy (non-hydrogen) atoms. The van der Waals surface area contributed by atoms with Gasteiger partial charge in [-0.05, 0) is 73.9 Å². The average Bonchev–Trinajstić information content (AvgIpc) is 3.17. The molecule has 0 atom stereocenters. The maximum Gasteiger partial charge on any atom is 0.211 e. The number of benzene rings is 2. The van der Waals surface area contributed by atoms with Gasteiger partial charge in [-0.3, -0.25) is 0 Å². The Labute approximate surface area is 214 Å². The van der Waals surface area contributed by atoms with Crippen molar-refractivity contribution in [2.75, 3.05) is 0 Å². The first-order valence-corrected chi connectivity index (χ1v) is 14.3. The first kappa shape index (κ1) is 27.1. The van der Waals surface area contributed by atoms with Crippen LogP contribution in [0.1, 0.15) is 121 Å². The van der Waals surface area contributed by atoms with E-state index in [4.69, 9.17) is 0 Å². The molecule has 0 radical (unpaired) electrons. The van der Waals surface area contributed by atoms with Crippen LogP contribution in [0.4, 0.5) is 0 Å². The van der Waals surface area contributed by atoms with Gasteiger partial charge < -0.3 is 5.53 Å². The van der Waals surface area contributed by atoms with Crippen molar-refractivity contribution in [2.24, 2.45) is 0 Å². The van der Waals surface area contributed by atoms with E-state index in [0.29, 0.717) is 0 Å². The lowest BCUT2D eigenvalue weighted by molar-refractivity contribution is -0.345. The number of nitrogens with zero attached hydrogens (tertiary/aromatic N) is 2. The molecule has 0 spiro atoms. The van der Waals surface area contributed by atoms with E-state index >= 15 is 0 Å². The summed E-state index contributed by atoms with van der Waals surface area (Å²) >= 11 is 0. The molecule has 0 N–H and O–H groups in total. The van der Waals surface area contributed by atoms with Crippen LogP contribution in [0.15, 0.2) is 59.7 Å². The van der Waals surface area contributed by atoms with Gasteiger partial charge >= 0.3 is 0 Å². The van der Waals surface area contributed by atoms with Crippen molar-refractivity contribution in [1.82, 2.24) is 0 Å². The molecule has 0 amide bonds. The lowest BCUT2D eigenvalue weighted by atomic mass is 9.93. The summed E-state index contributed by atoms with van der Waals surface area (Å²) in [5.74, 6) is 0. The van der Waals surface area contributed by atoms with E-state index in [1.807, 2.05) is 0 Å². The second-order valence-electron chi connectivity index (χ2n) is 10.0. The van der Waals surface area contributed by atoms with Crippen LogP contribution in [-0.2, 0) is 12.8 Å². The van der Waals surface area contributed by atoms with Gasteiger partial charge in [-0.1, -0.05) is 96.9 Å². The summed E-state index contributed by atoms with van der Waals surface area (Å²) in [6.07, 6.45) is 15.6. The predicted molar refractivity (Wildman–Crippen MR) is 151 cm³/mol. The van der Waals surface area contributed by atoms with Crippen molar-refractivity contribution in [1.29, 1.82) is 0 Å². The molecule has 0 bridgehead atoms. The standard InChI is InChI=1S/C33H46N2/c1-5-9-11-12-13-15-17-31-30(8-4)32(28-22-18-26(7-3)19-23-28)35(34)33(31)29-24-20-27(21-25-29)16-14-10-6-2/h18-25H,5-17H2,1-4H3. The minimum Gasteiger partial charge on any atom is -0.493 e. The minimum atomic E-state index is 0.922. The minimum absolute atomic E-state index is 0.922. The molecule has 0 aliphatic carbocycles. The van der Waals surface area contributed by atoms with Gasteiger partial charge in [0.15, 0.2) is 0 Å². The fourth-order valence-corrected chi connectivity index (χ4v) is 5.29. The molecule has 1 aliphatic heterocycles. The van der Waals surface area contributed by atoms with Crippen LogP contribution in [-0.4, -0.2) is 4.70 Å². The lowest BCUT2D eigenvalue weighted by Crippen LogP contribution is -2.03. The van der Waals surface area contributed by atoms with Crippen LogP contribution >= 0.6 is 0 Å². The fraction of sp³-hybridized carbons (Fsp3) is 0.515. The molecule has 2 aromatic rings. The third-order valence-corrected chi connectivity index (χ3v) is 7.43. The molecule has 0 unspecified atom stereocenters. The van der Waals surface area contributed by atoms with E-state index in [2.05, 4.69) is 76.2 Å². The van der Waals surface area contributed by atoms with Gasteiger partial charge in [0.05, 0.1) is 0 Å². The Morgan fingerprint density at radius 2 is 1.00 bits per heavy atom.